The predicted octanol–water partition coefficient (Wildman–Crippen LogP) is 7.92. The van der Waals surface area contributed by atoms with E-state index in [1.807, 2.05) is 69.8 Å². The van der Waals surface area contributed by atoms with Crippen molar-refractivity contribution in [2.45, 2.75) is 6.54 Å². The van der Waals surface area contributed by atoms with Crippen molar-refractivity contribution in [2.24, 2.45) is 7.05 Å². The van der Waals surface area contributed by atoms with E-state index < -0.39 is 5.91 Å². The van der Waals surface area contributed by atoms with E-state index in [2.05, 4.69) is 38.1 Å². The van der Waals surface area contributed by atoms with Crippen molar-refractivity contribution in [3.05, 3.63) is 139 Å². The van der Waals surface area contributed by atoms with Crippen LogP contribution in [0.1, 0.15) is 5.56 Å². The Labute approximate surface area is 323 Å². The lowest BCUT2D eigenvalue weighted by Crippen LogP contribution is -2.17. The van der Waals surface area contributed by atoms with Crippen molar-refractivity contribution >= 4 is 34.7 Å². The second-order valence-electron chi connectivity index (χ2n) is 12.9. The normalized spacial score (nSPS) is 11.2. The maximum atomic E-state index is 12.5. The van der Waals surface area contributed by atoms with Crippen LogP contribution in [0.5, 0.6) is 11.6 Å². The van der Waals surface area contributed by atoms with Gasteiger partial charge in [-0.2, -0.15) is 15.1 Å². The number of halogens is 1. The third kappa shape index (κ3) is 9.32. The molecule has 3 N–H and O–H groups in total. The first-order chi connectivity index (χ1) is 27.1. The molecule has 0 bridgehead atoms. The molecule has 0 spiro atoms. The molecule has 12 nitrogen and oxygen atoms in total. The van der Waals surface area contributed by atoms with Crippen molar-refractivity contribution in [3.63, 3.8) is 0 Å². The topological polar surface area (TPSA) is 139 Å². The summed E-state index contributed by atoms with van der Waals surface area (Å²) >= 11 is 0. The summed E-state index contributed by atoms with van der Waals surface area (Å²) in [6.07, 6.45) is 5.48. The first-order valence-corrected chi connectivity index (χ1v) is 17.6. The fourth-order valence-electron chi connectivity index (χ4n) is 5.81. The summed E-state index contributed by atoms with van der Waals surface area (Å²) in [6, 6.07) is 30.9. The summed E-state index contributed by atoms with van der Waals surface area (Å²) in [5, 5.41) is 13.3. The molecule has 284 valence electrons. The number of amides is 1. The maximum absolute atomic E-state index is 12.5. The Morgan fingerprint density at radius 1 is 0.893 bits per heavy atom. The lowest BCUT2D eigenvalue weighted by Gasteiger charge is -2.12. The number of benzene rings is 4. The number of carbonyl (C=O) groups excluding carboxylic acids is 2. The number of ether oxygens (including phenoxy) is 1. The number of furan rings is 1. The van der Waals surface area contributed by atoms with Gasteiger partial charge in [0.15, 0.2) is 12.1 Å². The van der Waals surface area contributed by atoms with Gasteiger partial charge in [-0.3, -0.25) is 14.3 Å². The summed E-state index contributed by atoms with van der Waals surface area (Å²) in [7, 11) is 9.33. The van der Waals surface area contributed by atoms with E-state index in [1.165, 1.54) is 18.3 Å². The minimum Gasteiger partial charge on any atom is -0.438 e. The van der Waals surface area contributed by atoms with E-state index in [1.54, 1.807) is 61.4 Å². The van der Waals surface area contributed by atoms with Gasteiger partial charge in [0.25, 0.3) is 5.91 Å². The van der Waals surface area contributed by atoms with Gasteiger partial charge >= 0.3 is 0 Å². The van der Waals surface area contributed by atoms with Crippen LogP contribution < -0.4 is 20.7 Å². The van der Waals surface area contributed by atoms with Crippen molar-refractivity contribution < 1.29 is 23.1 Å². The fraction of sp³-hybridized carbons (Fsp3) is 0.140. The monoisotopic (exact) mass is 752 g/mol. The Bertz CT molecular complexity index is 2460. The molecule has 3 heterocycles. The van der Waals surface area contributed by atoms with Crippen LogP contribution >= 0.6 is 0 Å². The van der Waals surface area contributed by atoms with Gasteiger partial charge in [0, 0.05) is 62.6 Å². The van der Waals surface area contributed by atoms with Gasteiger partial charge in [0.1, 0.15) is 22.7 Å². The van der Waals surface area contributed by atoms with Crippen LogP contribution in [0, 0.1) is 5.82 Å². The molecular weight excluding hydrogens is 712 g/mol. The lowest BCUT2D eigenvalue weighted by atomic mass is 9.98. The van der Waals surface area contributed by atoms with E-state index in [0.717, 1.165) is 40.0 Å². The Morgan fingerprint density at radius 2 is 1.61 bits per heavy atom. The highest BCUT2D eigenvalue weighted by molar-refractivity contribution is 6.16. The molecule has 0 atom stereocenters. The van der Waals surface area contributed by atoms with Crippen LogP contribution in [-0.4, -0.2) is 65.0 Å². The number of carbonyl (C=O) groups is 2. The summed E-state index contributed by atoms with van der Waals surface area (Å²) in [4.78, 5) is 35.7. The second kappa shape index (κ2) is 17.8. The van der Waals surface area contributed by atoms with Crippen LogP contribution in [0.3, 0.4) is 0 Å². The Balaban J connectivity index is 0.000000520. The number of hydrogen-bond acceptors (Lipinski definition) is 10. The van der Waals surface area contributed by atoms with Gasteiger partial charge in [-0.25, -0.2) is 4.39 Å². The number of aryl methyl sites for hydroxylation is 1. The van der Waals surface area contributed by atoms with E-state index in [4.69, 9.17) is 19.1 Å². The van der Waals surface area contributed by atoms with E-state index in [-0.39, 0.29) is 11.4 Å². The smallest absolute Gasteiger partial charge is 0.260 e. The van der Waals surface area contributed by atoms with Gasteiger partial charge in [0.2, 0.25) is 11.6 Å². The molecule has 0 unspecified atom stereocenters. The molecule has 0 radical (unpaired) electrons. The molecule has 0 saturated heterocycles. The number of nitrogens with zero attached hydrogens (tertiary/aromatic N) is 5. The van der Waals surface area contributed by atoms with Gasteiger partial charge in [-0.15, -0.1) is 0 Å². The number of nitrogens with one attached hydrogen (secondary N) is 3. The van der Waals surface area contributed by atoms with Crippen molar-refractivity contribution in [1.29, 1.82) is 0 Å². The molecule has 1 amide bonds. The van der Waals surface area contributed by atoms with Gasteiger partial charge in [-0.05, 0) is 79.8 Å². The first-order valence-electron chi connectivity index (χ1n) is 17.6. The first kappa shape index (κ1) is 38.6. The SMILES string of the molecule is CN/C=C(\C=O)C(=O)Nc1ccc(Oc2nc(-c3ccccc3)nc3oc(-c4cnn(C)c4)c(-c4cccc(CN(C)C)c4)c23)cc1.CNc1ccc(F)cc1. The second-order valence-corrected chi connectivity index (χ2v) is 12.9. The minimum atomic E-state index is -0.532. The zero-order valence-corrected chi connectivity index (χ0v) is 31.6. The molecule has 3 aromatic heterocycles. The number of aromatic nitrogens is 4. The Morgan fingerprint density at radius 3 is 2.25 bits per heavy atom. The molecule has 7 rings (SSSR count). The third-order valence-electron chi connectivity index (χ3n) is 8.38. The highest BCUT2D eigenvalue weighted by atomic mass is 19.1. The molecule has 0 aliphatic rings. The number of fused-ring (bicyclic) bond motifs is 1. The molecule has 56 heavy (non-hydrogen) atoms. The highest BCUT2D eigenvalue weighted by Crippen LogP contribution is 2.45. The van der Waals surface area contributed by atoms with E-state index >= 15 is 0 Å². The Kier molecular flexibility index (Phi) is 12.3. The zero-order chi connectivity index (χ0) is 39.6. The number of anilines is 2. The minimum absolute atomic E-state index is 0.0313. The Hall–Kier alpha value is -7.12. The standard InChI is InChI=1S/C36H33N7O4.C7H8FN/c1-37-18-27(22-44)34(45)39-28-13-15-29(16-14-28)46-35-31-30(25-12-8-9-23(17-25)20-42(2)3)32(26-19-38-43(4)21-26)47-36(31)41-33(40-35)24-10-6-5-7-11-24;1-9-7-4-2-6(8)3-5-7/h5-19,21-22,37H,20H2,1-4H3,(H,39,45);2-5,9H,1H3/b27-18+;. The summed E-state index contributed by atoms with van der Waals surface area (Å²) in [5.74, 6) is 1.08. The van der Waals surface area contributed by atoms with E-state index in [9.17, 15) is 14.0 Å². The highest BCUT2D eigenvalue weighted by Gasteiger charge is 2.26. The van der Waals surface area contributed by atoms with Crippen LogP contribution in [0.2, 0.25) is 0 Å². The van der Waals surface area contributed by atoms with Crippen molar-refractivity contribution in [1.82, 2.24) is 30.0 Å². The fourth-order valence-corrected chi connectivity index (χ4v) is 5.81. The van der Waals surface area contributed by atoms with E-state index in [0.29, 0.717) is 46.3 Å². The lowest BCUT2D eigenvalue weighted by molar-refractivity contribution is -0.115. The maximum Gasteiger partial charge on any atom is 0.260 e. The largest absolute Gasteiger partial charge is 0.438 e. The van der Waals surface area contributed by atoms with Gasteiger partial charge < -0.3 is 30.0 Å². The molecule has 13 heteroatoms. The number of rotatable bonds is 12. The molecule has 0 saturated carbocycles. The van der Waals surface area contributed by atoms with Gasteiger partial charge in [0.05, 0.1) is 17.3 Å². The number of hydrogen-bond donors (Lipinski definition) is 3. The van der Waals surface area contributed by atoms with Crippen LogP contribution in [-0.2, 0) is 23.2 Å². The van der Waals surface area contributed by atoms with Crippen LogP contribution in [0.4, 0.5) is 15.8 Å². The molecule has 0 aliphatic heterocycles. The van der Waals surface area contributed by atoms with Crippen LogP contribution in [0.15, 0.2) is 132 Å². The molecule has 0 fully saturated rings. The zero-order valence-electron chi connectivity index (χ0n) is 31.6. The molecule has 0 aliphatic carbocycles. The number of aldehydes is 1. The summed E-state index contributed by atoms with van der Waals surface area (Å²) in [6.45, 7) is 0.756. The quantitative estimate of drug-likeness (QED) is 0.0488. The molecule has 4 aromatic carbocycles. The molecular formula is C43H41FN8O4. The summed E-state index contributed by atoms with van der Waals surface area (Å²) in [5.41, 5.74) is 6.16. The van der Waals surface area contributed by atoms with Crippen LogP contribution in [0.25, 0.3) is 44.9 Å². The van der Waals surface area contributed by atoms with Gasteiger partial charge in [-0.1, -0.05) is 48.5 Å². The molecule has 7 aromatic rings. The summed E-state index contributed by atoms with van der Waals surface area (Å²) < 4.78 is 27.0. The third-order valence-corrected chi connectivity index (χ3v) is 8.38. The average Bonchev–Trinajstić information content (AvgIpc) is 3.82. The van der Waals surface area contributed by atoms with Crippen molar-refractivity contribution in [2.75, 3.05) is 38.8 Å². The predicted molar refractivity (Wildman–Crippen MR) is 217 cm³/mol. The van der Waals surface area contributed by atoms with Crippen molar-refractivity contribution in [3.8, 4) is 45.5 Å². The average molecular weight is 753 g/mol.